The Hall–Kier alpha value is -2.20. The highest BCUT2D eigenvalue weighted by molar-refractivity contribution is 6.31. The van der Waals surface area contributed by atoms with Crippen LogP contribution in [0.15, 0.2) is 42.5 Å². The summed E-state index contributed by atoms with van der Waals surface area (Å²) < 4.78 is 5.20. The van der Waals surface area contributed by atoms with E-state index in [9.17, 15) is 4.79 Å². The van der Waals surface area contributed by atoms with E-state index in [1.165, 1.54) is 18.4 Å². The fourth-order valence-corrected chi connectivity index (χ4v) is 2.37. The molecule has 4 nitrogen and oxygen atoms in total. The number of unbranched alkanes of at least 4 members (excludes halogenated alkanes) is 1. The molecule has 0 saturated carbocycles. The number of ether oxygens (including phenoxy) is 1. The summed E-state index contributed by atoms with van der Waals surface area (Å²) in [4.78, 5) is 12.1. The van der Waals surface area contributed by atoms with Gasteiger partial charge in [0.2, 0.25) is 0 Å². The van der Waals surface area contributed by atoms with Crippen LogP contribution in [0.1, 0.15) is 25.3 Å². The van der Waals surface area contributed by atoms with E-state index in [-0.39, 0.29) is 6.03 Å². The van der Waals surface area contributed by atoms with Gasteiger partial charge in [0.1, 0.15) is 5.75 Å². The molecule has 0 aromatic heterocycles. The molecular formula is C18H21ClN2O2. The molecule has 122 valence electrons. The molecule has 0 aliphatic rings. The third kappa shape index (κ3) is 5.18. The number of aryl methyl sites for hydroxylation is 1. The quantitative estimate of drug-likeness (QED) is 0.750. The number of nitrogens with one attached hydrogen (secondary N) is 2. The van der Waals surface area contributed by atoms with Gasteiger partial charge in [0.05, 0.1) is 12.8 Å². The second kappa shape index (κ2) is 8.44. The van der Waals surface area contributed by atoms with Gasteiger partial charge in [0.15, 0.2) is 0 Å². The highest BCUT2D eigenvalue weighted by Crippen LogP contribution is 2.27. The summed E-state index contributed by atoms with van der Waals surface area (Å²) in [5.41, 5.74) is 2.54. The van der Waals surface area contributed by atoms with Crippen molar-refractivity contribution in [2.45, 2.75) is 26.2 Å². The van der Waals surface area contributed by atoms with Crippen molar-refractivity contribution in [2.75, 3.05) is 17.7 Å². The minimum Gasteiger partial charge on any atom is -0.495 e. The fraction of sp³-hybridized carbons (Fsp3) is 0.278. The molecule has 5 heteroatoms. The summed E-state index contributed by atoms with van der Waals surface area (Å²) in [5, 5.41) is 6.07. The Bertz CT molecular complexity index is 657. The highest BCUT2D eigenvalue weighted by Gasteiger charge is 2.08. The predicted octanol–water partition coefficient (Wildman–Crippen LogP) is 5.34. The first-order valence-electron chi connectivity index (χ1n) is 7.63. The van der Waals surface area contributed by atoms with Crippen LogP contribution >= 0.6 is 11.6 Å². The van der Waals surface area contributed by atoms with Crippen molar-refractivity contribution in [3.05, 3.63) is 53.1 Å². The minimum absolute atomic E-state index is 0.341. The molecule has 2 amide bonds. The average molecular weight is 333 g/mol. The Balaban J connectivity index is 1.98. The van der Waals surface area contributed by atoms with Crippen LogP contribution in [0.3, 0.4) is 0 Å². The van der Waals surface area contributed by atoms with Gasteiger partial charge in [-0.05, 0) is 48.7 Å². The van der Waals surface area contributed by atoms with Gasteiger partial charge in [-0.3, -0.25) is 0 Å². The molecule has 0 atom stereocenters. The van der Waals surface area contributed by atoms with Gasteiger partial charge in [-0.2, -0.15) is 0 Å². The van der Waals surface area contributed by atoms with Crippen LogP contribution in [0, 0.1) is 0 Å². The number of amides is 2. The van der Waals surface area contributed by atoms with Crippen LogP contribution in [0.2, 0.25) is 5.02 Å². The molecule has 0 aliphatic heterocycles. The third-order valence-corrected chi connectivity index (χ3v) is 3.68. The van der Waals surface area contributed by atoms with Crippen LogP contribution in [-0.4, -0.2) is 13.1 Å². The molecule has 0 saturated heterocycles. The standard InChI is InChI=1S/C18H21ClN2O2/c1-3-4-5-13-6-9-15(10-7-13)20-18(22)21-16-12-14(19)8-11-17(16)23-2/h6-12H,3-5H2,1-2H3,(H2,20,21,22). The van der Waals surface area contributed by atoms with Gasteiger partial charge >= 0.3 is 6.03 Å². The monoisotopic (exact) mass is 332 g/mol. The van der Waals surface area contributed by atoms with E-state index < -0.39 is 0 Å². The maximum Gasteiger partial charge on any atom is 0.323 e. The summed E-state index contributed by atoms with van der Waals surface area (Å²) >= 11 is 5.95. The Labute approximate surface area is 141 Å². The normalized spacial score (nSPS) is 10.2. The van der Waals surface area contributed by atoms with E-state index in [0.29, 0.717) is 16.5 Å². The average Bonchev–Trinajstić information content (AvgIpc) is 2.54. The zero-order valence-corrected chi connectivity index (χ0v) is 14.1. The van der Waals surface area contributed by atoms with Crippen LogP contribution in [0.25, 0.3) is 0 Å². The molecule has 0 spiro atoms. The smallest absolute Gasteiger partial charge is 0.323 e. The lowest BCUT2D eigenvalue weighted by atomic mass is 10.1. The second-order valence-corrected chi connectivity index (χ2v) is 5.66. The zero-order valence-electron chi connectivity index (χ0n) is 13.4. The van der Waals surface area contributed by atoms with Crippen molar-refractivity contribution in [3.8, 4) is 5.75 Å². The first-order valence-corrected chi connectivity index (χ1v) is 8.00. The second-order valence-electron chi connectivity index (χ2n) is 5.22. The molecule has 0 bridgehead atoms. The number of hydrogen-bond acceptors (Lipinski definition) is 2. The number of urea groups is 1. The van der Waals surface area contributed by atoms with Crippen LogP contribution in [0.4, 0.5) is 16.2 Å². The van der Waals surface area contributed by atoms with E-state index in [2.05, 4.69) is 17.6 Å². The third-order valence-electron chi connectivity index (χ3n) is 3.44. The Morgan fingerprint density at radius 2 is 1.87 bits per heavy atom. The Morgan fingerprint density at radius 3 is 2.52 bits per heavy atom. The largest absolute Gasteiger partial charge is 0.495 e. The molecule has 2 N–H and O–H groups in total. The maximum absolute atomic E-state index is 12.1. The summed E-state index contributed by atoms with van der Waals surface area (Å²) in [6, 6.07) is 12.6. The first kappa shape index (κ1) is 17.2. The number of carbonyl (C=O) groups is 1. The predicted molar refractivity (Wildman–Crippen MR) is 95.7 cm³/mol. The summed E-state index contributed by atoms with van der Waals surface area (Å²) in [6.45, 7) is 2.17. The topological polar surface area (TPSA) is 50.4 Å². The molecule has 2 aromatic carbocycles. The van der Waals surface area contributed by atoms with Gasteiger partial charge in [-0.15, -0.1) is 0 Å². The van der Waals surface area contributed by atoms with Crippen LogP contribution in [0.5, 0.6) is 5.75 Å². The van der Waals surface area contributed by atoms with E-state index in [4.69, 9.17) is 16.3 Å². The molecular weight excluding hydrogens is 312 g/mol. The number of rotatable bonds is 6. The van der Waals surface area contributed by atoms with Crippen molar-refractivity contribution in [1.82, 2.24) is 0 Å². The van der Waals surface area contributed by atoms with E-state index in [1.54, 1.807) is 25.3 Å². The number of carbonyl (C=O) groups excluding carboxylic acids is 1. The van der Waals surface area contributed by atoms with Crippen molar-refractivity contribution < 1.29 is 9.53 Å². The summed E-state index contributed by atoms with van der Waals surface area (Å²) in [7, 11) is 1.54. The number of halogens is 1. The van der Waals surface area contributed by atoms with Crippen molar-refractivity contribution >= 4 is 29.0 Å². The van der Waals surface area contributed by atoms with E-state index in [0.717, 1.165) is 12.1 Å². The lowest BCUT2D eigenvalue weighted by Gasteiger charge is -2.12. The van der Waals surface area contributed by atoms with Gasteiger partial charge in [-0.25, -0.2) is 4.79 Å². The molecule has 0 radical (unpaired) electrons. The molecule has 0 unspecified atom stereocenters. The van der Waals surface area contributed by atoms with Crippen molar-refractivity contribution in [1.29, 1.82) is 0 Å². The van der Waals surface area contributed by atoms with Crippen LogP contribution < -0.4 is 15.4 Å². The van der Waals surface area contributed by atoms with Gasteiger partial charge in [0, 0.05) is 10.7 Å². The number of hydrogen-bond donors (Lipinski definition) is 2. The molecule has 23 heavy (non-hydrogen) atoms. The van der Waals surface area contributed by atoms with Gasteiger partial charge < -0.3 is 15.4 Å². The van der Waals surface area contributed by atoms with Gasteiger partial charge in [0.25, 0.3) is 0 Å². The maximum atomic E-state index is 12.1. The summed E-state index contributed by atoms with van der Waals surface area (Å²) in [5.74, 6) is 0.555. The summed E-state index contributed by atoms with van der Waals surface area (Å²) in [6.07, 6.45) is 3.40. The number of anilines is 2. The zero-order chi connectivity index (χ0) is 16.7. The Morgan fingerprint density at radius 1 is 1.13 bits per heavy atom. The minimum atomic E-state index is -0.341. The van der Waals surface area contributed by atoms with E-state index >= 15 is 0 Å². The molecule has 2 aromatic rings. The van der Waals surface area contributed by atoms with Crippen molar-refractivity contribution in [2.24, 2.45) is 0 Å². The highest BCUT2D eigenvalue weighted by atomic mass is 35.5. The SMILES string of the molecule is CCCCc1ccc(NC(=O)Nc2cc(Cl)ccc2OC)cc1. The van der Waals surface area contributed by atoms with E-state index in [1.807, 2.05) is 24.3 Å². The Kier molecular flexibility index (Phi) is 6.29. The lowest BCUT2D eigenvalue weighted by molar-refractivity contribution is 0.262. The van der Waals surface area contributed by atoms with Crippen molar-refractivity contribution in [3.63, 3.8) is 0 Å². The fourth-order valence-electron chi connectivity index (χ4n) is 2.20. The molecule has 0 fully saturated rings. The van der Waals surface area contributed by atoms with Gasteiger partial charge in [-0.1, -0.05) is 37.1 Å². The van der Waals surface area contributed by atoms with Crippen LogP contribution in [-0.2, 0) is 6.42 Å². The first-order chi connectivity index (χ1) is 11.1. The lowest BCUT2D eigenvalue weighted by Crippen LogP contribution is -2.19. The number of benzene rings is 2. The molecule has 0 aliphatic carbocycles. The molecule has 0 heterocycles. The number of methoxy groups -OCH3 is 1. The molecule has 2 rings (SSSR count).